The van der Waals surface area contributed by atoms with Crippen LogP contribution in [0.4, 0.5) is 5.69 Å². The molecule has 0 spiro atoms. The van der Waals surface area contributed by atoms with Crippen LogP contribution in [0, 0.1) is 0 Å². The van der Waals surface area contributed by atoms with Crippen molar-refractivity contribution in [3.8, 4) is 0 Å². The largest absolute Gasteiger partial charge is 0.459 e. The standard InChI is InChI=1S/C25H23ClN2O4/c1-16(2)17-9-11-19(12-10-17)28-23(29)14-21(24(28)30)27(25(31)22-8-5-13-32-22)15-18-6-3-4-7-20(18)26/h3-13,16,21H,14-15H2,1-2H3. The molecule has 2 aromatic carbocycles. The van der Waals surface area contributed by atoms with Crippen LogP contribution in [0.5, 0.6) is 0 Å². The molecule has 0 saturated carbocycles. The summed E-state index contributed by atoms with van der Waals surface area (Å²) in [5, 5.41) is 0.475. The molecule has 1 aromatic heterocycles. The molecule has 1 saturated heterocycles. The Kier molecular flexibility index (Phi) is 6.15. The number of rotatable bonds is 6. The Balaban J connectivity index is 1.66. The minimum Gasteiger partial charge on any atom is -0.459 e. The van der Waals surface area contributed by atoms with Gasteiger partial charge in [0.1, 0.15) is 6.04 Å². The second-order valence-electron chi connectivity index (χ2n) is 8.04. The molecule has 1 aliphatic rings. The highest BCUT2D eigenvalue weighted by molar-refractivity contribution is 6.31. The van der Waals surface area contributed by atoms with Crippen LogP contribution in [0.15, 0.2) is 71.3 Å². The Bertz CT molecular complexity index is 1140. The van der Waals surface area contributed by atoms with Crippen LogP contribution in [0.25, 0.3) is 0 Å². The van der Waals surface area contributed by atoms with E-state index in [4.69, 9.17) is 16.0 Å². The van der Waals surface area contributed by atoms with E-state index in [-0.39, 0.29) is 24.6 Å². The first-order valence-electron chi connectivity index (χ1n) is 10.4. The molecule has 0 bridgehead atoms. The van der Waals surface area contributed by atoms with Crippen molar-refractivity contribution in [2.75, 3.05) is 4.90 Å². The van der Waals surface area contributed by atoms with E-state index >= 15 is 0 Å². The molecule has 1 fully saturated rings. The van der Waals surface area contributed by atoms with Gasteiger partial charge in [-0.3, -0.25) is 14.4 Å². The summed E-state index contributed by atoms with van der Waals surface area (Å²) in [6.45, 7) is 4.22. The van der Waals surface area contributed by atoms with Crippen LogP contribution in [0.3, 0.4) is 0 Å². The molecule has 0 N–H and O–H groups in total. The normalized spacial score (nSPS) is 16.1. The number of amides is 3. The summed E-state index contributed by atoms with van der Waals surface area (Å²) < 4.78 is 5.28. The molecule has 32 heavy (non-hydrogen) atoms. The number of benzene rings is 2. The predicted molar refractivity (Wildman–Crippen MR) is 121 cm³/mol. The Morgan fingerprint density at radius 3 is 2.44 bits per heavy atom. The highest BCUT2D eigenvalue weighted by Crippen LogP contribution is 2.30. The van der Waals surface area contributed by atoms with Crippen molar-refractivity contribution >= 4 is 35.0 Å². The molecule has 7 heteroatoms. The first-order valence-corrected chi connectivity index (χ1v) is 10.8. The molecule has 3 amide bonds. The molecule has 1 atom stereocenters. The van der Waals surface area contributed by atoms with Crippen molar-refractivity contribution in [2.24, 2.45) is 0 Å². The molecule has 2 heterocycles. The highest BCUT2D eigenvalue weighted by Gasteiger charge is 2.45. The van der Waals surface area contributed by atoms with Crippen LogP contribution in [0.1, 0.15) is 47.9 Å². The van der Waals surface area contributed by atoms with Crippen molar-refractivity contribution in [1.82, 2.24) is 4.90 Å². The van der Waals surface area contributed by atoms with E-state index in [2.05, 4.69) is 13.8 Å². The second-order valence-corrected chi connectivity index (χ2v) is 8.44. The molecule has 1 aliphatic heterocycles. The average molecular weight is 451 g/mol. The van der Waals surface area contributed by atoms with Crippen molar-refractivity contribution in [2.45, 2.75) is 38.8 Å². The lowest BCUT2D eigenvalue weighted by Crippen LogP contribution is -2.45. The summed E-state index contributed by atoms with van der Waals surface area (Å²) in [6.07, 6.45) is 1.28. The van der Waals surface area contributed by atoms with E-state index < -0.39 is 17.9 Å². The lowest BCUT2D eigenvalue weighted by atomic mass is 10.0. The molecule has 1 unspecified atom stereocenters. The topological polar surface area (TPSA) is 70.8 Å². The molecule has 164 valence electrons. The number of hydrogen-bond acceptors (Lipinski definition) is 4. The van der Waals surface area contributed by atoms with E-state index in [0.29, 0.717) is 22.2 Å². The number of halogens is 1. The number of imide groups is 1. The minimum atomic E-state index is -0.957. The highest BCUT2D eigenvalue weighted by atomic mass is 35.5. The van der Waals surface area contributed by atoms with Crippen molar-refractivity contribution < 1.29 is 18.8 Å². The Hall–Kier alpha value is -3.38. The monoisotopic (exact) mass is 450 g/mol. The third-order valence-electron chi connectivity index (χ3n) is 5.61. The Labute approximate surface area is 191 Å². The van der Waals surface area contributed by atoms with Crippen molar-refractivity contribution in [3.63, 3.8) is 0 Å². The molecule has 3 aromatic rings. The zero-order valence-electron chi connectivity index (χ0n) is 17.8. The van der Waals surface area contributed by atoms with Gasteiger partial charge in [-0.05, 0) is 47.4 Å². The lowest BCUT2D eigenvalue weighted by molar-refractivity contribution is -0.122. The van der Waals surface area contributed by atoms with Gasteiger partial charge in [-0.2, -0.15) is 0 Å². The Morgan fingerprint density at radius 1 is 1.09 bits per heavy atom. The number of furan rings is 1. The van der Waals surface area contributed by atoms with Gasteiger partial charge >= 0.3 is 0 Å². The predicted octanol–water partition coefficient (Wildman–Crippen LogP) is 5.03. The third kappa shape index (κ3) is 4.18. The molecule has 0 radical (unpaired) electrons. The lowest BCUT2D eigenvalue weighted by Gasteiger charge is -2.27. The summed E-state index contributed by atoms with van der Waals surface area (Å²) in [7, 11) is 0. The van der Waals surface area contributed by atoms with Gasteiger partial charge < -0.3 is 9.32 Å². The molecule has 0 aliphatic carbocycles. The average Bonchev–Trinajstić information content (AvgIpc) is 3.41. The van der Waals surface area contributed by atoms with E-state index in [9.17, 15) is 14.4 Å². The first kappa shape index (κ1) is 21.8. The van der Waals surface area contributed by atoms with Gasteiger partial charge in [0.2, 0.25) is 5.91 Å². The summed E-state index contributed by atoms with van der Waals surface area (Å²) in [5.74, 6) is -0.845. The maximum Gasteiger partial charge on any atom is 0.290 e. The van der Waals surface area contributed by atoms with Gasteiger partial charge in [0.15, 0.2) is 5.76 Å². The minimum absolute atomic E-state index is 0.0724. The summed E-state index contributed by atoms with van der Waals surface area (Å²) in [4.78, 5) is 42.0. The number of nitrogens with zero attached hydrogens (tertiary/aromatic N) is 2. The summed E-state index contributed by atoms with van der Waals surface area (Å²) >= 11 is 6.31. The van der Waals surface area contributed by atoms with E-state index in [1.807, 2.05) is 12.1 Å². The Morgan fingerprint density at radius 2 is 1.81 bits per heavy atom. The fourth-order valence-corrected chi connectivity index (χ4v) is 4.01. The van der Waals surface area contributed by atoms with Crippen LogP contribution >= 0.6 is 11.6 Å². The fourth-order valence-electron chi connectivity index (χ4n) is 3.81. The summed E-state index contributed by atoms with van der Waals surface area (Å²) in [5.41, 5.74) is 2.28. The van der Waals surface area contributed by atoms with E-state index in [0.717, 1.165) is 10.5 Å². The van der Waals surface area contributed by atoms with Crippen LogP contribution in [-0.2, 0) is 16.1 Å². The third-order valence-corrected chi connectivity index (χ3v) is 5.98. The smallest absolute Gasteiger partial charge is 0.290 e. The maximum atomic E-state index is 13.4. The van der Waals surface area contributed by atoms with Crippen molar-refractivity contribution in [1.29, 1.82) is 0 Å². The van der Waals surface area contributed by atoms with Crippen LogP contribution in [-0.4, -0.2) is 28.7 Å². The van der Waals surface area contributed by atoms with Gasteiger partial charge in [0.05, 0.1) is 18.4 Å². The van der Waals surface area contributed by atoms with Gasteiger partial charge in [0.25, 0.3) is 11.8 Å². The maximum absolute atomic E-state index is 13.4. The fraction of sp³-hybridized carbons (Fsp3) is 0.240. The molecular formula is C25H23ClN2O4. The van der Waals surface area contributed by atoms with Crippen molar-refractivity contribution in [3.05, 3.63) is 88.8 Å². The van der Waals surface area contributed by atoms with Gasteiger partial charge in [-0.15, -0.1) is 0 Å². The van der Waals surface area contributed by atoms with Gasteiger partial charge in [-0.25, -0.2) is 4.90 Å². The quantitative estimate of drug-likeness (QED) is 0.494. The number of carbonyl (C=O) groups is 3. The summed E-state index contributed by atoms with van der Waals surface area (Å²) in [6, 6.07) is 16.6. The molecule has 6 nitrogen and oxygen atoms in total. The second kappa shape index (κ2) is 9.01. The van der Waals surface area contributed by atoms with Crippen LogP contribution in [0.2, 0.25) is 5.02 Å². The number of anilines is 1. The number of carbonyl (C=O) groups excluding carboxylic acids is 3. The number of hydrogen-bond donors (Lipinski definition) is 0. The zero-order valence-corrected chi connectivity index (χ0v) is 18.6. The zero-order chi connectivity index (χ0) is 22.8. The molecule has 4 rings (SSSR count). The van der Waals surface area contributed by atoms with Gasteiger partial charge in [0, 0.05) is 11.6 Å². The molecular weight excluding hydrogens is 428 g/mol. The van der Waals surface area contributed by atoms with E-state index in [1.54, 1.807) is 42.5 Å². The first-order chi connectivity index (χ1) is 15.4. The van der Waals surface area contributed by atoms with Crippen LogP contribution < -0.4 is 4.90 Å². The van der Waals surface area contributed by atoms with E-state index in [1.165, 1.54) is 17.2 Å². The van der Waals surface area contributed by atoms with Gasteiger partial charge in [-0.1, -0.05) is 55.8 Å². The SMILES string of the molecule is CC(C)c1ccc(N2C(=O)CC(N(Cc3ccccc3Cl)C(=O)c3ccco3)C2=O)cc1.